The van der Waals surface area contributed by atoms with Gasteiger partial charge in [-0.25, -0.2) is 0 Å². The molecule has 0 aliphatic heterocycles. The van der Waals surface area contributed by atoms with Crippen LogP contribution < -0.4 is 0 Å². The third-order valence-corrected chi connectivity index (χ3v) is 0. The summed E-state index contributed by atoms with van der Waals surface area (Å²) in [7, 11) is 0. The molecule has 0 aromatic heterocycles. The second-order valence-corrected chi connectivity index (χ2v) is 0. The van der Waals surface area contributed by atoms with Crippen molar-refractivity contribution in [3.05, 3.63) is 0 Å². The first-order chi connectivity index (χ1) is 0. The zero-order valence-corrected chi connectivity index (χ0v) is 9.13. The van der Waals surface area contributed by atoms with Gasteiger partial charge in [-0.3, -0.25) is 0 Å². The molecule has 0 fully saturated rings. The first-order valence-electron chi connectivity index (χ1n) is 0. The fourth-order valence-corrected chi connectivity index (χ4v) is 0. The third-order valence-electron chi connectivity index (χ3n) is 0. The van der Waals surface area contributed by atoms with Gasteiger partial charge in [0.05, 0.1) is 0 Å². The van der Waals surface area contributed by atoms with Crippen molar-refractivity contribution in [2.75, 3.05) is 0 Å². The average molecular weight is 405 g/mol. The molecule has 0 spiro atoms. The minimum atomic E-state index is 0. The third kappa shape index (κ3) is 8.82. The Hall–Kier alpha value is 2.53. The molecule has 0 unspecified atom stereocenters. The van der Waals surface area contributed by atoms with Crippen molar-refractivity contribution in [1.29, 1.82) is 0 Å². The van der Waals surface area contributed by atoms with Gasteiger partial charge >= 0.3 is 0 Å². The fraction of sp³-hybridized carbons (Fsp3) is 0. The molecule has 0 saturated carbocycles. The second kappa shape index (κ2) is 17.7. The van der Waals surface area contributed by atoms with Crippen molar-refractivity contribution >= 4 is 40.8 Å². The van der Waals surface area contributed by atoms with Crippen LogP contribution in [0.15, 0.2) is 0 Å². The molecule has 0 aromatic rings. The predicted molar refractivity (Wildman–Crippen MR) is 16.1 cm³/mol. The van der Waals surface area contributed by atoms with Crippen molar-refractivity contribution < 1.29 is 39.4 Å². The summed E-state index contributed by atoms with van der Waals surface area (Å²) in [6.45, 7) is 0. The molecular weight excluding hydrogens is 403 g/mol. The normalized spacial score (nSPS) is 0. The monoisotopic (exact) mass is 405 g/mol. The van der Waals surface area contributed by atoms with E-state index in [1.165, 1.54) is 0 Å². The molecule has 0 aromatic carbocycles. The van der Waals surface area contributed by atoms with Crippen LogP contribution in [-0.2, 0) is 39.4 Å². The van der Waals surface area contributed by atoms with Gasteiger partial charge in [-0.1, -0.05) is 0 Å². The van der Waals surface area contributed by atoms with Gasteiger partial charge < -0.3 is 0 Å². The van der Waals surface area contributed by atoms with E-state index in [0.717, 1.165) is 0 Å². The van der Waals surface area contributed by atoms with E-state index in [4.69, 9.17) is 0 Å². The number of hydrogen-bond acceptors (Lipinski definition) is 0. The maximum absolute atomic E-state index is 0. The summed E-state index contributed by atoms with van der Waals surface area (Å²) in [5.74, 6) is 0. The van der Waals surface area contributed by atoms with Gasteiger partial charge in [0.2, 0.25) is 0 Å². The maximum Gasteiger partial charge on any atom is 0 e. The van der Waals surface area contributed by atoms with E-state index in [0.29, 0.717) is 0 Å². The largest absolute Gasteiger partial charge is 0.197 e. The Morgan fingerprint density at radius 2 is 1.00 bits per heavy atom. The standard InChI is InChI=1S/Ag.Fe.Pb.H2S/h;;;1H2. The van der Waals surface area contributed by atoms with E-state index in [9.17, 15) is 0 Å². The summed E-state index contributed by atoms with van der Waals surface area (Å²) in [5, 5.41) is 0. The number of rotatable bonds is 0. The Bertz CT molecular complexity index is 8.00. The summed E-state index contributed by atoms with van der Waals surface area (Å²) in [6.07, 6.45) is 0. The Morgan fingerprint density at radius 3 is 1.00 bits per heavy atom. The van der Waals surface area contributed by atoms with Gasteiger partial charge in [0, 0.05) is 66.7 Å². The van der Waals surface area contributed by atoms with E-state index in [-0.39, 0.29) is 80.2 Å². The van der Waals surface area contributed by atoms with Crippen LogP contribution in [0.1, 0.15) is 0 Å². The molecule has 5 radical (unpaired) electrons. The summed E-state index contributed by atoms with van der Waals surface area (Å²) in [4.78, 5) is 0. The first kappa shape index (κ1) is 31.2. The van der Waals surface area contributed by atoms with Crippen LogP contribution in [0.4, 0.5) is 0 Å². The van der Waals surface area contributed by atoms with Gasteiger partial charge in [0.1, 0.15) is 0 Å². The van der Waals surface area contributed by atoms with Gasteiger partial charge in [-0.2, -0.15) is 13.5 Å². The van der Waals surface area contributed by atoms with E-state index in [1.54, 1.807) is 0 Å². The molecule has 0 N–H and O–H groups in total. The molecule has 0 amide bonds. The van der Waals surface area contributed by atoms with Gasteiger partial charge in [-0.15, -0.1) is 0 Å². The van der Waals surface area contributed by atoms with Crippen LogP contribution >= 0.6 is 13.5 Å². The fourth-order valence-electron chi connectivity index (χ4n) is 0. The van der Waals surface area contributed by atoms with Crippen molar-refractivity contribution in [2.24, 2.45) is 0 Å². The molecule has 4 heteroatoms. The van der Waals surface area contributed by atoms with E-state index < -0.39 is 0 Å². The first-order valence-corrected chi connectivity index (χ1v) is 0. The molecule has 0 heterocycles. The molecule has 31 valence electrons. The topological polar surface area (TPSA) is 0 Å². The van der Waals surface area contributed by atoms with Crippen LogP contribution in [0.5, 0.6) is 0 Å². The molecular formula is H2AgFePbS. The zero-order valence-electron chi connectivity index (χ0n) is 1.66. The minimum Gasteiger partial charge on any atom is -0.197 e. The molecule has 0 saturated heterocycles. The van der Waals surface area contributed by atoms with Crippen LogP contribution in [0, 0.1) is 0 Å². The quantitative estimate of drug-likeness (QED) is 0.487. The molecule has 0 aliphatic carbocycles. The summed E-state index contributed by atoms with van der Waals surface area (Å²) < 4.78 is 0. The Balaban J connectivity index is 0. The number of hydrogen-bond donors (Lipinski definition) is 0. The molecule has 0 rings (SSSR count). The van der Waals surface area contributed by atoms with Gasteiger partial charge in [0.15, 0.2) is 0 Å². The van der Waals surface area contributed by atoms with E-state index in [1.807, 2.05) is 0 Å². The van der Waals surface area contributed by atoms with E-state index in [2.05, 4.69) is 0 Å². The van der Waals surface area contributed by atoms with Crippen molar-refractivity contribution in [3.8, 4) is 0 Å². The maximum atomic E-state index is 0. The van der Waals surface area contributed by atoms with Crippen LogP contribution in [-0.4, -0.2) is 27.3 Å². The van der Waals surface area contributed by atoms with Crippen molar-refractivity contribution in [1.82, 2.24) is 0 Å². The SMILES string of the molecule is S.[Ag].[Fe].[Pb]. The van der Waals surface area contributed by atoms with Crippen LogP contribution in [0.3, 0.4) is 0 Å². The molecule has 0 nitrogen and oxygen atoms in total. The summed E-state index contributed by atoms with van der Waals surface area (Å²) in [6, 6.07) is 0. The van der Waals surface area contributed by atoms with Gasteiger partial charge in [-0.05, 0) is 0 Å². The van der Waals surface area contributed by atoms with Crippen molar-refractivity contribution in [3.63, 3.8) is 0 Å². The summed E-state index contributed by atoms with van der Waals surface area (Å²) in [5.41, 5.74) is 0. The molecule has 0 atom stereocenters. The minimum absolute atomic E-state index is 0. The van der Waals surface area contributed by atoms with Gasteiger partial charge in [0.25, 0.3) is 0 Å². The zero-order chi connectivity index (χ0) is 0. The van der Waals surface area contributed by atoms with Crippen LogP contribution in [0.2, 0.25) is 0 Å². The Labute approximate surface area is 79.1 Å². The molecule has 0 aliphatic rings. The molecule has 4 heavy (non-hydrogen) atoms. The summed E-state index contributed by atoms with van der Waals surface area (Å²) >= 11 is 0. The molecule has 0 bridgehead atoms. The average Bonchev–Trinajstić information content (AvgIpc) is 0. The second-order valence-electron chi connectivity index (χ2n) is 0. The smallest absolute Gasteiger partial charge is 0 e. The van der Waals surface area contributed by atoms with Crippen molar-refractivity contribution in [2.45, 2.75) is 0 Å². The van der Waals surface area contributed by atoms with E-state index >= 15 is 0 Å². The predicted octanol–water partition coefficient (Wildman–Crippen LogP) is -0.273. The Morgan fingerprint density at radius 1 is 1.00 bits per heavy atom. The van der Waals surface area contributed by atoms with Crippen LogP contribution in [0.25, 0.3) is 0 Å². The Kier molecular flexibility index (Phi) is 138.